The number of pyridine rings is 2. The summed E-state index contributed by atoms with van der Waals surface area (Å²) in [6.45, 7) is 12.7. The van der Waals surface area contributed by atoms with E-state index in [0.717, 1.165) is 53.1 Å². The molecule has 0 radical (unpaired) electrons. The number of nitrogens with zero attached hydrogens (tertiary/aromatic N) is 11. The Balaban J connectivity index is 0.750. The minimum atomic E-state index is -1.03. The molecule has 3 atom stereocenters. The van der Waals surface area contributed by atoms with E-state index in [1.165, 1.54) is 22.7 Å². The van der Waals surface area contributed by atoms with Crippen LogP contribution in [0.2, 0.25) is 0 Å². The summed E-state index contributed by atoms with van der Waals surface area (Å²) in [6, 6.07) is 9.59. The van der Waals surface area contributed by atoms with E-state index in [1.807, 2.05) is 64.1 Å². The number of amides is 4. The Morgan fingerprint density at radius 3 is 2.34 bits per heavy atom. The number of carbonyl (C=O) groups excluding carboxylic acids is 5. The third-order valence-corrected chi connectivity index (χ3v) is 15.1. The molecule has 6 aromatic rings. The number of carbonyl (C=O) groups is 5. The molecule has 0 spiro atoms. The van der Waals surface area contributed by atoms with Crippen molar-refractivity contribution in [2.45, 2.75) is 117 Å². The molecule has 74 heavy (non-hydrogen) atoms. The van der Waals surface area contributed by atoms with Crippen molar-refractivity contribution in [1.82, 2.24) is 59.9 Å². The maximum absolute atomic E-state index is 14.2. The van der Waals surface area contributed by atoms with Gasteiger partial charge in [-0.2, -0.15) is 4.98 Å². The lowest BCUT2D eigenvalue weighted by Crippen LogP contribution is -2.58. The van der Waals surface area contributed by atoms with Gasteiger partial charge in [-0.1, -0.05) is 63.1 Å². The smallest absolute Gasteiger partial charge is 0.263 e. The quantitative estimate of drug-likeness (QED) is 0.105. The van der Waals surface area contributed by atoms with E-state index in [2.05, 4.69) is 46.1 Å². The van der Waals surface area contributed by atoms with Crippen molar-refractivity contribution in [2.24, 2.45) is 5.41 Å². The number of rotatable bonds is 15. The number of aliphatic hydroxyl groups is 1. The zero-order chi connectivity index (χ0) is 52.4. The van der Waals surface area contributed by atoms with Crippen LogP contribution in [-0.4, -0.2) is 135 Å². The molecule has 388 valence electrons. The van der Waals surface area contributed by atoms with Crippen molar-refractivity contribution >= 4 is 69.2 Å². The minimum absolute atomic E-state index is 0.0347. The molecule has 21 nitrogen and oxygen atoms in total. The standard InChI is InChI=1S/C52H62N14O7S/c1-30-39-25-55-51(59-47(39)66(36-9-7-8-10-36)49(72)44(30)32(3)67)57-41-16-15-37(24-53-41)62-17-19-63(20-18-62)43(70)28-64-26-35(60-61-64)21-42(69)58-46(52(4,5)6)50(73)65-27-38(68)22-40(65)48(71)54-23-33-11-13-34(14-12-33)45-31(2)56-29-74-45/h11-16,24-26,29,36,38,40,46,68H,7-10,17-23,27-28H2,1-6H3,(H,54,71)(H,58,69)(H,53,55,57,59)/t38-,40+,46-/m1/s1. The maximum Gasteiger partial charge on any atom is 0.263 e. The van der Waals surface area contributed by atoms with Crippen molar-refractivity contribution in [3.63, 3.8) is 0 Å². The van der Waals surface area contributed by atoms with Crippen LogP contribution in [0.5, 0.6) is 0 Å². The highest BCUT2D eigenvalue weighted by Gasteiger charge is 2.44. The molecule has 7 heterocycles. The Morgan fingerprint density at radius 1 is 0.932 bits per heavy atom. The normalized spacial score (nSPS) is 17.7. The molecular formula is C52H62N14O7S. The number of hydrogen-bond acceptors (Lipinski definition) is 16. The van der Waals surface area contributed by atoms with Crippen LogP contribution in [0, 0.1) is 19.3 Å². The van der Waals surface area contributed by atoms with Crippen LogP contribution in [0.3, 0.4) is 0 Å². The predicted octanol–water partition coefficient (Wildman–Crippen LogP) is 4.28. The number of thiazole rings is 1. The second-order valence-corrected chi connectivity index (χ2v) is 21.4. The average Bonchev–Trinajstić information content (AvgIpc) is 4.23. The lowest BCUT2D eigenvalue weighted by atomic mass is 9.85. The Kier molecular flexibility index (Phi) is 15.0. The van der Waals surface area contributed by atoms with E-state index in [0.29, 0.717) is 54.3 Å². The molecule has 1 aromatic carbocycles. The summed E-state index contributed by atoms with van der Waals surface area (Å²) in [4.78, 5) is 105. The molecular weight excluding hydrogens is 965 g/mol. The van der Waals surface area contributed by atoms with Crippen LogP contribution in [0.4, 0.5) is 17.5 Å². The fourth-order valence-electron chi connectivity index (χ4n) is 10.2. The molecule has 5 aromatic heterocycles. The van der Waals surface area contributed by atoms with E-state index >= 15 is 0 Å². The number of hydrogen-bond donors (Lipinski definition) is 4. The van der Waals surface area contributed by atoms with Gasteiger partial charge in [0.05, 0.1) is 51.7 Å². The zero-order valence-corrected chi connectivity index (χ0v) is 43.3. The molecule has 0 unspecified atom stereocenters. The van der Waals surface area contributed by atoms with Gasteiger partial charge in [0.2, 0.25) is 29.6 Å². The molecule has 22 heteroatoms. The van der Waals surface area contributed by atoms with E-state index in [4.69, 9.17) is 4.98 Å². The Morgan fingerprint density at radius 2 is 1.68 bits per heavy atom. The van der Waals surface area contributed by atoms with Crippen molar-refractivity contribution in [3.8, 4) is 10.4 Å². The topological polar surface area (TPSA) is 256 Å². The van der Waals surface area contributed by atoms with E-state index in [-0.39, 0.29) is 67.3 Å². The number of aromatic nitrogens is 8. The number of likely N-dealkylation sites (tertiary alicyclic amines) is 1. The van der Waals surface area contributed by atoms with Gasteiger partial charge in [0.1, 0.15) is 30.1 Å². The first-order valence-electron chi connectivity index (χ1n) is 25.0. The third kappa shape index (κ3) is 11.2. The molecule has 4 amide bonds. The number of ketones is 1. The second-order valence-electron chi connectivity index (χ2n) is 20.5. The molecule has 9 rings (SSSR count). The first-order chi connectivity index (χ1) is 35.4. The maximum atomic E-state index is 14.2. The number of Topliss-reactive ketones (excluding diaryl/α,β-unsaturated/α-hetero) is 1. The highest BCUT2D eigenvalue weighted by atomic mass is 32.1. The van der Waals surface area contributed by atoms with Crippen LogP contribution in [0.15, 0.2) is 65.3 Å². The molecule has 4 N–H and O–H groups in total. The summed E-state index contributed by atoms with van der Waals surface area (Å²) >= 11 is 1.56. The summed E-state index contributed by atoms with van der Waals surface area (Å²) in [5.74, 6) is -1.00. The molecule has 2 aliphatic heterocycles. The van der Waals surface area contributed by atoms with Crippen LogP contribution < -0.4 is 26.4 Å². The van der Waals surface area contributed by atoms with Gasteiger partial charge in [0.25, 0.3) is 5.56 Å². The number of nitrogens with one attached hydrogen (secondary N) is 3. The third-order valence-electron chi connectivity index (χ3n) is 14.2. The fraction of sp³-hybridized carbons (Fsp3) is 0.462. The largest absolute Gasteiger partial charge is 0.391 e. The van der Waals surface area contributed by atoms with Gasteiger partial charge in [-0.05, 0) is 67.9 Å². The van der Waals surface area contributed by atoms with Gasteiger partial charge in [-0.3, -0.25) is 33.3 Å². The van der Waals surface area contributed by atoms with Gasteiger partial charge < -0.3 is 35.8 Å². The highest BCUT2D eigenvalue weighted by molar-refractivity contribution is 7.13. The Labute approximate surface area is 431 Å². The highest BCUT2D eigenvalue weighted by Crippen LogP contribution is 2.33. The van der Waals surface area contributed by atoms with Gasteiger partial charge >= 0.3 is 0 Å². The van der Waals surface area contributed by atoms with Gasteiger partial charge in [0.15, 0.2) is 5.78 Å². The number of β-amino-alcohol motifs (C(OH)–C–C–N with tert-alkyl or cyclic N) is 1. The van der Waals surface area contributed by atoms with Gasteiger partial charge in [-0.15, -0.1) is 16.4 Å². The van der Waals surface area contributed by atoms with E-state index in [1.54, 1.807) is 45.6 Å². The minimum Gasteiger partial charge on any atom is -0.391 e. The number of aliphatic hydroxyl groups excluding tert-OH is 1. The lowest BCUT2D eigenvalue weighted by Gasteiger charge is -2.36. The zero-order valence-electron chi connectivity index (χ0n) is 42.5. The first-order valence-corrected chi connectivity index (χ1v) is 25.9. The fourth-order valence-corrected chi connectivity index (χ4v) is 11.0. The van der Waals surface area contributed by atoms with Crippen molar-refractivity contribution in [1.29, 1.82) is 0 Å². The number of aryl methyl sites for hydroxylation is 2. The summed E-state index contributed by atoms with van der Waals surface area (Å²) in [7, 11) is 0. The SMILES string of the molecule is CC(=O)c1c(C)c2cnc(Nc3ccc(N4CCN(C(=O)Cn5cc(CC(=O)N[C@H](C(=O)N6C[C@H](O)C[C@H]6C(=O)NCc6ccc(-c7scnc7C)cc6)C(C)(C)C)nn5)CC4)cn3)nc2n(C2CCCC2)c1=O. The molecule has 2 saturated heterocycles. The van der Waals surface area contributed by atoms with Crippen LogP contribution in [0.25, 0.3) is 21.5 Å². The predicted molar refractivity (Wildman–Crippen MR) is 278 cm³/mol. The van der Waals surface area contributed by atoms with Crippen LogP contribution >= 0.6 is 11.3 Å². The average molecular weight is 1030 g/mol. The molecule has 1 aliphatic carbocycles. The second kappa shape index (κ2) is 21.6. The molecule has 1 saturated carbocycles. The molecule has 3 aliphatic rings. The summed E-state index contributed by atoms with van der Waals surface area (Å²) in [5, 5.41) is 28.5. The van der Waals surface area contributed by atoms with Crippen molar-refractivity contribution in [3.05, 3.63) is 98.9 Å². The first kappa shape index (κ1) is 51.4. The molecule has 0 bridgehead atoms. The van der Waals surface area contributed by atoms with Crippen molar-refractivity contribution in [2.75, 3.05) is 42.9 Å². The van der Waals surface area contributed by atoms with Gasteiger partial charge in [0, 0.05) is 69.5 Å². The number of fused-ring (bicyclic) bond motifs is 1. The summed E-state index contributed by atoms with van der Waals surface area (Å²) in [5.41, 5.74) is 6.04. The van der Waals surface area contributed by atoms with Gasteiger partial charge in [-0.25, -0.2) is 19.6 Å². The van der Waals surface area contributed by atoms with Crippen LogP contribution in [-0.2, 0) is 38.7 Å². The van der Waals surface area contributed by atoms with Crippen molar-refractivity contribution < 1.29 is 29.1 Å². The summed E-state index contributed by atoms with van der Waals surface area (Å²) < 4.78 is 3.07. The lowest BCUT2D eigenvalue weighted by molar-refractivity contribution is -0.144. The monoisotopic (exact) mass is 1030 g/mol. The van der Waals surface area contributed by atoms with E-state index in [9.17, 15) is 33.9 Å². The Bertz CT molecular complexity index is 3130. The number of benzene rings is 1. The summed E-state index contributed by atoms with van der Waals surface area (Å²) in [6.07, 6.45) is 7.59. The number of anilines is 3. The van der Waals surface area contributed by atoms with E-state index < -0.39 is 41.3 Å². The Hall–Kier alpha value is -7.46. The van der Waals surface area contributed by atoms with Crippen LogP contribution in [0.1, 0.15) is 98.7 Å². The number of piperazine rings is 1. The molecule has 3 fully saturated rings.